The van der Waals surface area contributed by atoms with Gasteiger partial charge in [0.2, 0.25) is 0 Å². The summed E-state index contributed by atoms with van der Waals surface area (Å²) in [4.78, 5) is 11.8. The van der Waals surface area contributed by atoms with E-state index in [1.807, 2.05) is 17.7 Å². The van der Waals surface area contributed by atoms with Gasteiger partial charge in [0, 0.05) is 17.3 Å². The number of nitrogens with one attached hydrogen (secondary N) is 1. The average molecular weight is 258 g/mol. The summed E-state index contributed by atoms with van der Waals surface area (Å²) in [5, 5.41) is 7.12. The third-order valence-corrected chi connectivity index (χ3v) is 4.63. The highest BCUT2D eigenvalue weighted by molar-refractivity contribution is 7.08. The standard InChI is InChI=1S/C12H16ClNOS/c1-8-6-16-7-10(8)12(15)14-5-9-3-2-4-11(9)13/h6-7,9,11H,2-5H2,1H3,(H,14,15). The number of carbonyl (C=O) groups excluding carboxylic acids is 1. The zero-order valence-electron chi connectivity index (χ0n) is 9.33. The second kappa shape index (κ2) is 5.19. The van der Waals surface area contributed by atoms with Crippen LogP contribution >= 0.6 is 22.9 Å². The summed E-state index contributed by atoms with van der Waals surface area (Å²) in [6, 6.07) is 0. The predicted molar refractivity (Wildman–Crippen MR) is 68.4 cm³/mol. The highest BCUT2D eigenvalue weighted by Crippen LogP contribution is 2.29. The van der Waals surface area contributed by atoms with E-state index in [4.69, 9.17) is 11.6 Å². The number of amides is 1. The molecule has 0 bridgehead atoms. The van der Waals surface area contributed by atoms with Crippen molar-refractivity contribution >= 4 is 28.8 Å². The van der Waals surface area contributed by atoms with Gasteiger partial charge in [-0.1, -0.05) is 6.42 Å². The van der Waals surface area contributed by atoms with Gasteiger partial charge in [-0.15, -0.1) is 11.6 Å². The molecule has 2 nitrogen and oxygen atoms in total. The molecule has 1 saturated carbocycles. The lowest BCUT2D eigenvalue weighted by Gasteiger charge is -2.14. The molecule has 2 rings (SSSR count). The normalized spacial score (nSPS) is 24.6. The number of aryl methyl sites for hydroxylation is 1. The Labute approximate surface area is 105 Å². The molecule has 0 aliphatic heterocycles. The molecule has 1 aromatic rings. The van der Waals surface area contributed by atoms with Crippen molar-refractivity contribution in [2.24, 2.45) is 5.92 Å². The Hall–Kier alpha value is -0.540. The maximum Gasteiger partial charge on any atom is 0.252 e. The van der Waals surface area contributed by atoms with Crippen LogP contribution in [0.5, 0.6) is 0 Å². The van der Waals surface area contributed by atoms with E-state index < -0.39 is 0 Å². The smallest absolute Gasteiger partial charge is 0.252 e. The minimum absolute atomic E-state index is 0.0366. The van der Waals surface area contributed by atoms with E-state index in [-0.39, 0.29) is 11.3 Å². The summed E-state index contributed by atoms with van der Waals surface area (Å²) in [5.41, 5.74) is 1.85. The van der Waals surface area contributed by atoms with Crippen LogP contribution in [0.1, 0.15) is 35.2 Å². The number of halogens is 1. The fraction of sp³-hybridized carbons (Fsp3) is 0.583. The van der Waals surface area contributed by atoms with Crippen LogP contribution in [0.15, 0.2) is 10.8 Å². The lowest BCUT2D eigenvalue weighted by molar-refractivity contribution is 0.0947. The second-order valence-corrected chi connectivity index (χ2v) is 5.69. The quantitative estimate of drug-likeness (QED) is 0.828. The molecule has 1 aromatic heterocycles. The maximum absolute atomic E-state index is 11.8. The summed E-state index contributed by atoms with van der Waals surface area (Å²) >= 11 is 7.73. The predicted octanol–water partition coefficient (Wildman–Crippen LogP) is 3.19. The molecule has 2 atom stereocenters. The zero-order chi connectivity index (χ0) is 11.5. The van der Waals surface area contributed by atoms with Crippen LogP contribution in [-0.2, 0) is 0 Å². The summed E-state index contributed by atoms with van der Waals surface area (Å²) in [5.74, 6) is 0.485. The molecule has 16 heavy (non-hydrogen) atoms. The van der Waals surface area contributed by atoms with E-state index in [1.165, 1.54) is 6.42 Å². The van der Waals surface area contributed by atoms with Gasteiger partial charge in [0.25, 0.3) is 5.91 Å². The van der Waals surface area contributed by atoms with Crippen LogP contribution in [-0.4, -0.2) is 17.8 Å². The van der Waals surface area contributed by atoms with Crippen molar-refractivity contribution in [3.05, 3.63) is 21.9 Å². The first-order valence-corrected chi connectivity index (χ1v) is 7.01. The van der Waals surface area contributed by atoms with Crippen molar-refractivity contribution in [1.29, 1.82) is 0 Å². The van der Waals surface area contributed by atoms with Gasteiger partial charge in [-0.3, -0.25) is 4.79 Å². The van der Waals surface area contributed by atoms with Crippen LogP contribution in [0, 0.1) is 12.8 Å². The number of alkyl halides is 1. The van der Waals surface area contributed by atoms with Gasteiger partial charge in [-0.2, -0.15) is 11.3 Å². The summed E-state index contributed by atoms with van der Waals surface area (Å²) < 4.78 is 0. The monoisotopic (exact) mass is 257 g/mol. The largest absolute Gasteiger partial charge is 0.352 e. The van der Waals surface area contributed by atoms with E-state index in [9.17, 15) is 4.79 Å². The van der Waals surface area contributed by atoms with Crippen LogP contribution in [0.25, 0.3) is 0 Å². The van der Waals surface area contributed by atoms with Gasteiger partial charge in [0.15, 0.2) is 0 Å². The van der Waals surface area contributed by atoms with E-state index in [0.717, 1.165) is 24.0 Å². The molecule has 88 valence electrons. The SMILES string of the molecule is Cc1cscc1C(=O)NCC1CCCC1Cl. The highest BCUT2D eigenvalue weighted by Gasteiger charge is 2.25. The van der Waals surface area contributed by atoms with E-state index in [1.54, 1.807) is 11.3 Å². The van der Waals surface area contributed by atoms with Gasteiger partial charge >= 0.3 is 0 Å². The lowest BCUT2D eigenvalue weighted by atomic mass is 10.1. The molecule has 2 unspecified atom stereocenters. The van der Waals surface area contributed by atoms with Crippen LogP contribution in [0.3, 0.4) is 0 Å². The Balaban J connectivity index is 1.86. The molecule has 1 N–H and O–H groups in total. The fourth-order valence-corrected chi connectivity index (χ4v) is 3.33. The molecule has 1 aliphatic rings. The molecular weight excluding hydrogens is 242 g/mol. The highest BCUT2D eigenvalue weighted by atomic mass is 35.5. The second-order valence-electron chi connectivity index (χ2n) is 4.39. The summed E-state index contributed by atoms with van der Waals surface area (Å²) in [6.45, 7) is 2.67. The van der Waals surface area contributed by atoms with Crippen molar-refractivity contribution in [3.8, 4) is 0 Å². The molecule has 0 radical (unpaired) electrons. The number of rotatable bonds is 3. The number of hydrogen-bond acceptors (Lipinski definition) is 2. The van der Waals surface area contributed by atoms with Crippen LogP contribution in [0.4, 0.5) is 0 Å². The van der Waals surface area contributed by atoms with Crippen molar-refractivity contribution in [2.75, 3.05) is 6.54 Å². The third kappa shape index (κ3) is 2.58. The Bertz CT molecular complexity index is 377. The summed E-state index contributed by atoms with van der Waals surface area (Å²) in [6.07, 6.45) is 3.41. The molecule has 0 saturated heterocycles. The van der Waals surface area contributed by atoms with Crippen molar-refractivity contribution in [3.63, 3.8) is 0 Å². The van der Waals surface area contributed by atoms with E-state index in [0.29, 0.717) is 12.5 Å². The van der Waals surface area contributed by atoms with Crippen LogP contribution < -0.4 is 5.32 Å². The molecule has 1 fully saturated rings. The van der Waals surface area contributed by atoms with Gasteiger partial charge < -0.3 is 5.32 Å². The summed E-state index contributed by atoms with van der Waals surface area (Å²) in [7, 11) is 0. The maximum atomic E-state index is 11.8. The first-order chi connectivity index (χ1) is 7.68. The Morgan fingerprint density at radius 3 is 2.94 bits per heavy atom. The van der Waals surface area contributed by atoms with Gasteiger partial charge in [0.05, 0.1) is 5.56 Å². The molecular formula is C12H16ClNOS. The van der Waals surface area contributed by atoms with Gasteiger partial charge in [0.1, 0.15) is 0 Å². The Morgan fingerprint density at radius 2 is 2.38 bits per heavy atom. The lowest BCUT2D eigenvalue weighted by Crippen LogP contribution is -2.31. The minimum Gasteiger partial charge on any atom is -0.352 e. The van der Waals surface area contributed by atoms with Crippen molar-refractivity contribution < 1.29 is 4.79 Å². The fourth-order valence-electron chi connectivity index (χ4n) is 2.13. The van der Waals surface area contributed by atoms with Gasteiger partial charge in [-0.05, 0) is 36.6 Å². The van der Waals surface area contributed by atoms with Crippen LogP contribution in [0.2, 0.25) is 0 Å². The molecule has 1 heterocycles. The first-order valence-electron chi connectivity index (χ1n) is 5.63. The zero-order valence-corrected chi connectivity index (χ0v) is 10.9. The first kappa shape index (κ1) is 11.9. The molecule has 4 heteroatoms. The molecule has 1 amide bonds. The van der Waals surface area contributed by atoms with E-state index in [2.05, 4.69) is 5.32 Å². The third-order valence-electron chi connectivity index (χ3n) is 3.19. The Morgan fingerprint density at radius 1 is 1.56 bits per heavy atom. The number of hydrogen-bond donors (Lipinski definition) is 1. The number of thiophene rings is 1. The number of carbonyl (C=O) groups is 1. The minimum atomic E-state index is 0.0366. The van der Waals surface area contributed by atoms with Crippen molar-refractivity contribution in [1.82, 2.24) is 5.32 Å². The molecule has 0 spiro atoms. The molecule has 1 aliphatic carbocycles. The van der Waals surface area contributed by atoms with Crippen molar-refractivity contribution in [2.45, 2.75) is 31.6 Å². The van der Waals surface area contributed by atoms with Gasteiger partial charge in [-0.25, -0.2) is 0 Å². The topological polar surface area (TPSA) is 29.1 Å². The molecule has 0 aromatic carbocycles. The average Bonchev–Trinajstić information content (AvgIpc) is 2.84. The Kier molecular flexibility index (Phi) is 3.87. The van der Waals surface area contributed by atoms with E-state index >= 15 is 0 Å².